The molecule has 1 heterocycles. The lowest BCUT2D eigenvalue weighted by Gasteiger charge is -2.09. The van der Waals surface area contributed by atoms with Gasteiger partial charge in [0.05, 0.1) is 17.8 Å². The zero-order valence-electron chi connectivity index (χ0n) is 10.7. The molecule has 0 radical (unpaired) electrons. The van der Waals surface area contributed by atoms with Crippen molar-refractivity contribution in [2.75, 3.05) is 11.5 Å². The largest absolute Gasteiger partial charge is 0.399 e. The molecule has 5 nitrogen and oxygen atoms in total. The van der Waals surface area contributed by atoms with Crippen molar-refractivity contribution in [2.24, 2.45) is 0 Å². The van der Waals surface area contributed by atoms with Crippen molar-refractivity contribution in [1.29, 1.82) is 0 Å². The highest BCUT2D eigenvalue weighted by Gasteiger charge is 2.10. The minimum atomic E-state index is -0.234. The molecule has 5 heteroatoms. The van der Waals surface area contributed by atoms with Gasteiger partial charge in [-0.2, -0.15) is 0 Å². The summed E-state index contributed by atoms with van der Waals surface area (Å²) >= 11 is 0. The molecule has 0 unspecified atom stereocenters. The summed E-state index contributed by atoms with van der Waals surface area (Å²) in [5, 5.41) is 2.79. The van der Waals surface area contributed by atoms with E-state index in [1.807, 2.05) is 19.1 Å². The Bertz CT molecular complexity index is 610. The summed E-state index contributed by atoms with van der Waals surface area (Å²) in [7, 11) is 0. The molecule has 0 aliphatic heterocycles. The number of nitrogens with zero attached hydrogens (tertiary/aromatic N) is 1. The minimum absolute atomic E-state index is 0.234. The topological polar surface area (TPSA) is 94.0 Å². The van der Waals surface area contributed by atoms with E-state index in [9.17, 15) is 4.79 Å². The van der Waals surface area contributed by atoms with Gasteiger partial charge in [-0.3, -0.25) is 9.78 Å². The second-order valence-corrected chi connectivity index (χ2v) is 4.30. The lowest BCUT2D eigenvalue weighted by molar-refractivity contribution is 0.0951. The lowest BCUT2D eigenvalue weighted by Crippen LogP contribution is -2.24. The third-order valence-electron chi connectivity index (χ3n) is 2.85. The first-order valence-corrected chi connectivity index (χ1v) is 5.91. The van der Waals surface area contributed by atoms with E-state index < -0.39 is 0 Å². The van der Waals surface area contributed by atoms with Crippen molar-refractivity contribution in [3.05, 3.63) is 53.3 Å². The van der Waals surface area contributed by atoms with E-state index >= 15 is 0 Å². The molecule has 1 aromatic carbocycles. The van der Waals surface area contributed by atoms with Gasteiger partial charge >= 0.3 is 0 Å². The van der Waals surface area contributed by atoms with Gasteiger partial charge in [0.2, 0.25) is 0 Å². The van der Waals surface area contributed by atoms with Crippen molar-refractivity contribution in [3.63, 3.8) is 0 Å². The Labute approximate surface area is 111 Å². The predicted octanol–water partition coefficient (Wildman–Crippen LogP) is 1.48. The SMILES string of the molecule is Cc1cccnc1CNC(=O)c1ccc(N)cc1N. The Balaban J connectivity index is 2.08. The molecule has 2 rings (SSSR count). The Hall–Kier alpha value is -2.56. The van der Waals surface area contributed by atoms with E-state index in [2.05, 4.69) is 10.3 Å². The van der Waals surface area contributed by atoms with E-state index in [0.29, 0.717) is 23.5 Å². The van der Waals surface area contributed by atoms with Gasteiger partial charge < -0.3 is 16.8 Å². The number of pyridine rings is 1. The normalized spacial score (nSPS) is 10.2. The van der Waals surface area contributed by atoms with E-state index in [1.165, 1.54) is 0 Å². The summed E-state index contributed by atoms with van der Waals surface area (Å²) < 4.78 is 0. The molecule has 2 aromatic rings. The van der Waals surface area contributed by atoms with Crippen LogP contribution in [0.1, 0.15) is 21.6 Å². The third-order valence-corrected chi connectivity index (χ3v) is 2.85. The molecule has 0 saturated heterocycles. The molecule has 1 amide bonds. The van der Waals surface area contributed by atoms with Gasteiger partial charge in [-0.1, -0.05) is 6.07 Å². The number of aromatic nitrogens is 1. The highest BCUT2D eigenvalue weighted by atomic mass is 16.1. The second kappa shape index (κ2) is 5.39. The first-order valence-electron chi connectivity index (χ1n) is 5.91. The van der Waals surface area contributed by atoms with E-state index in [1.54, 1.807) is 24.4 Å². The number of nitrogens with two attached hydrogens (primary N) is 2. The molecule has 1 aromatic heterocycles. The van der Waals surface area contributed by atoms with Crippen LogP contribution in [0, 0.1) is 6.92 Å². The van der Waals surface area contributed by atoms with Crippen LogP contribution >= 0.6 is 0 Å². The Morgan fingerprint density at radius 1 is 1.32 bits per heavy atom. The van der Waals surface area contributed by atoms with Gasteiger partial charge in [0.15, 0.2) is 0 Å². The molecular weight excluding hydrogens is 240 g/mol. The number of rotatable bonds is 3. The van der Waals surface area contributed by atoms with Crippen LogP contribution in [0.2, 0.25) is 0 Å². The quantitative estimate of drug-likeness (QED) is 0.725. The first kappa shape index (κ1) is 12.9. The highest BCUT2D eigenvalue weighted by Crippen LogP contribution is 2.15. The first-order chi connectivity index (χ1) is 9.08. The van der Waals surface area contributed by atoms with Crippen molar-refractivity contribution in [2.45, 2.75) is 13.5 Å². The van der Waals surface area contributed by atoms with Crippen LogP contribution in [0.5, 0.6) is 0 Å². The number of hydrogen-bond acceptors (Lipinski definition) is 4. The van der Waals surface area contributed by atoms with Crippen LogP contribution in [0.3, 0.4) is 0 Å². The zero-order chi connectivity index (χ0) is 13.8. The number of anilines is 2. The van der Waals surface area contributed by atoms with Crippen molar-refractivity contribution >= 4 is 17.3 Å². The number of carbonyl (C=O) groups is 1. The summed E-state index contributed by atoms with van der Waals surface area (Å²) in [5.41, 5.74) is 14.6. The average molecular weight is 256 g/mol. The monoisotopic (exact) mass is 256 g/mol. The number of carbonyl (C=O) groups excluding carboxylic acids is 1. The molecule has 0 saturated carbocycles. The summed E-state index contributed by atoms with van der Waals surface area (Å²) in [6, 6.07) is 8.65. The fraction of sp³-hybridized carbons (Fsp3) is 0.143. The number of amides is 1. The highest BCUT2D eigenvalue weighted by molar-refractivity contribution is 5.99. The van der Waals surface area contributed by atoms with E-state index in [4.69, 9.17) is 11.5 Å². The maximum absolute atomic E-state index is 12.0. The summed E-state index contributed by atoms with van der Waals surface area (Å²) in [4.78, 5) is 16.2. The molecule has 19 heavy (non-hydrogen) atoms. The summed E-state index contributed by atoms with van der Waals surface area (Å²) in [5.74, 6) is -0.234. The molecule has 0 aliphatic carbocycles. The van der Waals surface area contributed by atoms with Gasteiger partial charge in [0.25, 0.3) is 5.91 Å². The molecule has 0 aliphatic rings. The van der Waals surface area contributed by atoms with Gasteiger partial charge in [0.1, 0.15) is 0 Å². The number of nitrogen functional groups attached to an aromatic ring is 2. The lowest BCUT2D eigenvalue weighted by atomic mass is 10.1. The molecular formula is C14H16N4O. The standard InChI is InChI=1S/C14H16N4O/c1-9-3-2-6-17-13(9)8-18-14(19)11-5-4-10(15)7-12(11)16/h2-7H,8,15-16H2,1H3,(H,18,19). The van der Waals surface area contributed by atoms with Crippen molar-refractivity contribution < 1.29 is 4.79 Å². The van der Waals surface area contributed by atoms with Gasteiger partial charge in [0, 0.05) is 17.6 Å². The fourth-order valence-electron chi connectivity index (χ4n) is 1.75. The average Bonchev–Trinajstić information content (AvgIpc) is 2.37. The van der Waals surface area contributed by atoms with Crippen molar-refractivity contribution in [1.82, 2.24) is 10.3 Å². The second-order valence-electron chi connectivity index (χ2n) is 4.30. The third kappa shape index (κ3) is 3.01. The van der Waals surface area contributed by atoms with Crippen molar-refractivity contribution in [3.8, 4) is 0 Å². The molecule has 0 bridgehead atoms. The number of aryl methyl sites for hydroxylation is 1. The number of nitrogens with one attached hydrogen (secondary N) is 1. The van der Waals surface area contributed by atoms with Crippen LogP contribution in [-0.4, -0.2) is 10.9 Å². The number of benzene rings is 1. The molecule has 0 atom stereocenters. The maximum Gasteiger partial charge on any atom is 0.253 e. The maximum atomic E-state index is 12.0. The van der Waals surface area contributed by atoms with Crippen LogP contribution in [0.15, 0.2) is 36.5 Å². The van der Waals surface area contributed by atoms with E-state index in [-0.39, 0.29) is 5.91 Å². The van der Waals surface area contributed by atoms with Gasteiger partial charge in [-0.05, 0) is 36.8 Å². The van der Waals surface area contributed by atoms with Gasteiger partial charge in [-0.25, -0.2) is 0 Å². The Kier molecular flexibility index (Phi) is 3.66. The van der Waals surface area contributed by atoms with Crippen LogP contribution < -0.4 is 16.8 Å². The zero-order valence-corrected chi connectivity index (χ0v) is 10.7. The fourth-order valence-corrected chi connectivity index (χ4v) is 1.75. The summed E-state index contributed by atoms with van der Waals surface area (Å²) in [6.45, 7) is 2.32. The smallest absolute Gasteiger partial charge is 0.253 e. The molecule has 0 fully saturated rings. The summed E-state index contributed by atoms with van der Waals surface area (Å²) in [6.07, 6.45) is 1.70. The Morgan fingerprint density at radius 2 is 2.11 bits per heavy atom. The predicted molar refractivity (Wildman–Crippen MR) is 75.4 cm³/mol. The molecule has 0 spiro atoms. The Morgan fingerprint density at radius 3 is 2.79 bits per heavy atom. The molecule has 98 valence electrons. The van der Waals surface area contributed by atoms with Crippen LogP contribution in [0.4, 0.5) is 11.4 Å². The number of hydrogen-bond donors (Lipinski definition) is 3. The van der Waals surface area contributed by atoms with Gasteiger partial charge in [-0.15, -0.1) is 0 Å². The van der Waals surface area contributed by atoms with Crippen LogP contribution in [-0.2, 0) is 6.54 Å². The van der Waals surface area contributed by atoms with E-state index in [0.717, 1.165) is 11.3 Å². The minimum Gasteiger partial charge on any atom is -0.399 e. The molecule has 5 N–H and O–H groups in total. The van der Waals surface area contributed by atoms with Crippen LogP contribution in [0.25, 0.3) is 0 Å².